The summed E-state index contributed by atoms with van der Waals surface area (Å²) in [7, 11) is 0. The van der Waals surface area contributed by atoms with Gasteiger partial charge in [0.25, 0.3) is 0 Å². The molecule has 39 nitrogen and oxygen atoms in total. The van der Waals surface area contributed by atoms with Crippen molar-refractivity contribution < 1.29 is 102 Å². The standard InChI is InChI=1S/C76H122N18O21S/c1-11-42(7)61(93-73(112)60(41(5)6)92-69(108)50(22-18-33-81-76(79)80)86-72(111)56(39-95)84-57(97)38-82-65(104)54(37-46-23-25-47(96)26-24-46)90-64(103)48(78)31-34-116-10)74(113)88-52(28-30-59(100)101)67(106)85-49(21-16-17-32-77)66(105)83-44(9)63(102)89-53(35-40(3)4)70(109)87-51(27-29-58(98)99)68(107)91-55(36-45-19-14-13-15-20-45)71(110)94-62(75(114)115)43(8)12-2/h13-15,19-20,23-26,40-44,48-56,60-62,95-96H,11-12,16-18,21-22,27-39,77-78H2,1-10H3,(H,82,104)(H,83,105)(H,84,97)(H,85,106)(H,86,111)(H,87,109)(H,88,113)(H,89,102)(H,90,103)(H,91,107)(H,92,108)(H,93,112)(H,94,110)(H,98,99)(H,100,101)(H,114,115)(H4,79,80,81)/t42-,43-,44-,48-,49-,50-,51-,52-,53-,54-,55-,56-,60-,61-,62-/m0/s1. The van der Waals surface area contributed by atoms with Crippen LogP contribution in [0.4, 0.5) is 0 Å². The zero-order valence-corrected chi connectivity index (χ0v) is 68.4. The molecule has 2 aromatic carbocycles. The second kappa shape index (κ2) is 53.4. The Bertz CT molecular complexity index is 3600. The van der Waals surface area contributed by atoms with Gasteiger partial charge >= 0.3 is 17.9 Å². The quantitative estimate of drug-likeness (QED) is 0.0181. The van der Waals surface area contributed by atoms with Crippen molar-refractivity contribution >= 4 is 112 Å². The van der Waals surface area contributed by atoms with Gasteiger partial charge in [-0.2, -0.15) is 11.8 Å². The van der Waals surface area contributed by atoms with Crippen molar-refractivity contribution in [3.05, 3.63) is 65.7 Å². The molecule has 648 valence electrons. The molecule has 0 heterocycles. The highest BCUT2D eigenvalue weighted by molar-refractivity contribution is 7.98. The van der Waals surface area contributed by atoms with Gasteiger partial charge in [0.2, 0.25) is 76.8 Å². The summed E-state index contributed by atoms with van der Waals surface area (Å²) in [6.07, 6.45) is 0.105. The molecule has 0 unspecified atom stereocenters. The molecule has 0 aliphatic carbocycles. The largest absolute Gasteiger partial charge is 0.508 e. The minimum atomic E-state index is -1.75. The van der Waals surface area contributed by atoms with Crippen LogP contribution in [0.1, 0.15) is 157 Å². The number of carbonyl (C=O) groups is 16. The first kappa shape index (κ1) is 101. The molecule has 13 amide bonds. The molecule has 0 saturated carbocycles. The number of carboxylic acid groups (broad SMARTS) is 3. The minimum Gasteiger partial charge on any atom is -0.508 e. The summed E-state index contributed by atoms with van der Waals surface area (Å²) in [4.78, 5) is 219. The first-order valence-electron chi connectivity index (χ1n) is 38.7. The fourth-order valence-electron chi connectivity index (χ4n) is 11.6. The normalized spacial score (nSPS) is 15.0. The number of nitrogens with one attached hydrogen (secondary N) is 15. The van der Waals surface area contributed by atoms with E-state index < -0.39 is 236 Å². The van der Waals surface area contributed by atoms with Crippen molar-refractivity contribution in [2.75, 3.05) is 38.2 Å². The van der Waals surface area contributed by atoms with Crippen molar-refractivity contribution in [1.82, 2.24) is 74.4 Å². The van der Waals surface area contributed by atoms with E-state index in [1.807, 2.05) is 6.26 Å². The van der Waals surface area contributed by atoms with E-state index in [9.17, 15) is 102 Å². The van der Waals surface area contributed by atoms with E-state index in [1.54, 1.807) is 71.9 Å². The summed E-state index contributed by atoms with van der Waals surface area (Å²) >= 11 is 1.45. The number of guanidine groups is 1. The zero-order valence-electron chi connectivity index (χ0n) is 67.6. The molecule has 26 N–H and O–H groups in total. The Balaban J connectivity index is 2.43. The molecule has 0 spiro atoms. The van der Waals surface area contributed by atoms with Gasteiger partial charge in [0, 0.05) is 32.2 Å². The molecule has 0 radical (unpaired) electrons. The Hall–Kier alpha value is -10.7. The maximum Gasteiger partial charge on any atom is 0.326 e. The summed E-state index contributed by atoms with van der Waals surface area (Å²) in [6.45, 7) is 12.6. The number of nitrogens with two attached hydrogens (primary N) is 3. The Morgan fingerprint density at radius 3 is 1.39 bits per heavy atom. The van der Waals surface area contributed by atoms with Gasteiger partial charge in [-0.25, -0.2) is 4.79 Å². The Morgan fingerprint density at radius 1 is 0.457 bits per heavy atom. The monoisotopic (exact) mass is 1650 g/mol. The molecule has 0 saturated heterocycles. The number of aliphatic hydroxyl groups excluding tert-OH is 1. The highest BCUT2D eigenvalue weighted by Crippen LogP contribution is 2.18. The SMILES string of the molecule is CC[C@H](C)[C@H](NC(=O)[C@H](Cc1ccccc1)NC(=O)[C@H](CCC(=O)O)NC(=O)[C@H](CC(C)C)NC(=O)[C@H](C)NC(=O)[C@H](CCCCN)NC(=O)[C@H](CCC(=O)O)NC(=O)[C@@H](NC(=O)[C@@H](NC(=O)[C@H](CCCNC(=N)N)NC(=O)[C@H](CO)NC(=O)CNC(=O)[C@H](Cc1ccc(O)cc1)NC(=O)[C@@H](N)CCSC)C(C)C)[C@@H](C)CC)C(=O)O. The second-order valence-electron chi connectivity index (χ2n) is 29.2. The topological polar surface area (TPSA) is 645 Å². The fourth-order valence-corrected chi connectivity index (χ4v) is 12.0. The fraction of sp³-hybridized carbons (Fsp3) is 0.618. The number of phenolic OH excluding ortho intramolecular Hbond substituents is 1. The molecular formula is C76H122N18O21S. The summed E-state index contributed by atoms with van der Waals surface area (Å²) in [6, 6.07) is -5.01. The second-order valence-corrected chi connectivity index (χ2v) is 30.2. The molecular weight excluding hydrogens is 1530 g/mol. The number of carboxylic acids is 3. The van der Waals surface area contributed by atoms with Crippen LogP contribution in [0.15, 0.2) is 54.6 Å². The predicted molar refractivity (Wildman–Crippen MR) is 429 cm³/mol. The van der Waals surface area contributed by atoms with E-state index in [4.69, 9.17) is 22.6 Å². The average molecular weight is 1660 g/mol. The number of carbonyl (C=O) groups excluding carboxylic acids is 13. The average Bonchev–Trinajstić information content (AvgIpc) is 0.850. The summed E-state index contributed by atoms with van der Waals surface area (Å²) in [5, 5.41) is 92.4. The van der Waals surface area contributed by atoms with Gasteiger partial charge in [-0.05, 0) is 130 Å². The first-order chi connectivity index (χ1) is 54.7. The van der Waals surface area contributed by atoms with Gasteiger partial charge in [0.15, 0.2) is 5.96 Å². The molecule has 0 bridgehead atoms. The maximum absolute atomic E-state index is 14.6. The van der Waals surface area contributed by atoms with Crippen LogP contribution in [-0.4, -0.2) is 243 Å². The van der Waals surface area contributed by atoms with Gasteiger partial charge in [0.05, 0.1) is 19.2 Å². The number of phenols is 1. The van der Waals surface area contributed by atoms with Crippen molar-refractivity contribution in [3.63, 3.8) is 0 Å². The summed E-state index contributed by atoms with van der Waals surface area (Å²) in [5.74, 6) is -18.8. The molecule has 0 fully saturated rings. The molecule has 2 rings (SSSR count). The number of aliphatic hydroxyl groups is 1. The van der Waals surface area contributed by atoms with Gasteiger partial charge < -0.3 is 117 Å². The Labute approximate surface area is 679 Å². The van der Waals surface area contributed by atoms with Crippen molar-refractivity contribution in [2.45, 2.75) is 237 Å². The van der Waals surface area contributed by atoms with E-state index >= 15 is 0 Å². The van der Waals surface area contributed by atoms with E-state index in [1.165, 1.54) is 56.8 Å². The highest BCUT2D eigenvalue weighted by atomic mass is 32.2. The van der Waals surface area contributed by atoms with Crippen molar-refractivity contribution in [1.29, 1.82) is 5.41 Å². The van der Waals surface area contributed by atoms with Crippen LogP contribution in [0.3, 0.4) is 0 Å². The number of hydrogen-bond acceptors (Lipinski definition) is 22. The maximum atomic E-state index is 14.6. The lowest BCUT2D eigenvalue weighted by atomic mass is 9.95. The third-order valence-electron chi connectivity index (χ3n) is 18.8. The highest BCUT2D eigenvalue weighted by Gasteiger charge is 2.39. The van der Waals surface area contributed by atoms with E-state index in [0.717, 1.165) is 0 Å². The van der Waals surface area contributed by atoms with Crippen LogP contribution in [0.5, 0.6) is 5.75 Å². The van der Waals surface area contributed by atoms with Crippen LogP contribution in [-0.2, 0) is 89.6 Å². The zero-order chi connectivity index (χ0) is 87.5. The van der Waals surface area contributed by atoms with E-state index in [0.29, 0.717) is 29.7 Å². The van der Waals surface area contributed by atoms with Crippen molar-refractivity contribution in [2.24, 2.45) is 40.9 Å². The lowest BCUT2D eigenvalue weighted by Gasteiger charge is -2.30. The third-order valence-corrected chi connectivity index (χ3v) is 19.5. The van der Waals surface area contributed by atoms with Gasteiger partial charge in [-0.3, -0.25) is 77.3 Å². The number of unbranched alkanes of at least 4 members (excludes halogenated alkanes) is 1. The smallest absolute Gasteiger partial charge is 0.326 e. The molecule has 2 aromatic rings. The number of aliphatic carboxylic acids is 3. The van der Waals surface area contributed by atoms with E-state index in [-0.39, 0.29) is 82.5 Å². The number of thioether (sulfide) groups is 1. The summed E-state index contributed by atoms with van der Waals surface area (Å²) < 4.78 is 0. The van der Waals surface area contributed by atoms with Gasteiger partial charge in [-0.1, -0.05) is 111 Å². The Morgan fingerprint density at radius 2 is 0.888 bits per heavy atom. The molecule has 0 aliphatic rings. The number of rotatable bonds is 56. The first-order valence-corrected chi connectivity index (χ1v) is 40.1. The molecule has 15 atom stereocenters. The lowest BCUT2D eigenvalue weighted by Crippen LogP contribution is -2.62. The van der Waals surface area contributed by atoms with Gasteiger partial charge in [-0.15, -0.1) is 0 Å². The van der Waals surface area contributed by atoms with Crippen LogP contribution in [0.2, 0.25) is 0 Å². The molecule has 40 heteroatoms. The number of aromatic hydroxyl groups is 1. The number of amides is 13. The molecule has 116 heavy (non-hydrogen) atoms. The van der Waals surface area contributed by atoms with Crippen molar-refractivity contribution in [3.8, 4) is 5.75 Å². The number of benzene rings is 2. The lowest BCUT2D eigenvalue weighted by molar-refractivity contribution is -0.144. The summed E-state index contributed by atoms with van der Waals surface area (Å²) in [5.41, 5.74) is 18.4. The van der Waals surface area contributed by atoms with Crippen LogP contribution in [0, 0.1) is 29.1 Å². The van der Waals surface area contributed by atoms with Crippen LogP contribution >= 0.6 is 11.8 Å². The third kappa shape index (κ3) is 38.1. The van der Waals surface area contributed by atoms with E-state index in [2.05, 4.69) is 74.4 Å². The Kier molecular flexibility index (Phi) is 46.7. The predicted octanol–water partition coefficient (Wildman–Crippen LogP) is -2.80. The van der Waals surface area contributed by atoms with Crippen LogP contribution < -0.4 is 91.6 Å². The van der Waals surface area contributed by atoms with Gasteiger partial charge in [0.1, 0.15) is 78.3 Å². The molecule has 0 aromatic heterocycles. The minimum absolute atomic E-state index is 0.000361. The molecule has 0 aliphatic heterocycles. The van der Waals surface area contributed by atoms with Crippen LogP contribution in [0.25, 0.3) is 0 Å². The number of hydrogen-bond donors (Lipinski definition) is 23.